The second kappa shape index (κ2) is 11.4. The topological polar surface area (TPSA) is 81.2 Å². The zero-order valence-electron chi connectivity index (χ0n) is 26.8. The standard InChI is InChI=1S/C37H37F2N5O4/c1-3-21-6-4-7-22-12-25(48-20-45-2)13-26(31(21)22)27-14-30-32-34(33(27)39)41-36(47-19-37-10-5-11-43(37)16-23(38)15-37)42-35(32)44-17-24-8-9-28(40-24)29(44)18-46-30/h1,4,6-7,12-14,23-24,28-29,40H,5,8-11,15-20H2,2H3/t23-,24-,28+,29-,37+/m1/s1. The van der Waals surface area contributed by atoms with Crippen LogP contribution in [0.3, 0.4) is 0 Å². The van der Waals surface area contributed by atoms with Crippen LogP contribution in [0.4, 0.5) is 14.6 Å². The molecule has 5 aliphatic rings. The van der Waals surface area contributed by atoms with E-state index in [0.29, 0.717) is 59.4 Å². The molecule has 4 aromatic rings. The van der Waals surface area contributed by atoms with Crippen LogP contribution in [0.5, 0.6) is 17.5 Å². The number of nitrogens with zero attached hydrogens (tertiary/aromatic N) is 4. The van der Waals surface area contributed by atoms with Crippen LogP contribution in [0, 0.1) is 18.2 Å². The summed E-state index contributed by atoms with van der Waals surface area (Å²) in [7, 11) is 1.55. The number of methoxy groups -OCH3 is 1. The summed E-state index contributed by atoms with van der Waals surface area (Å²) in [5.74, 6) is 3.85. The monoisotopic (exact) mass is 653 g/mol. The van der Waals surface area contributed by atoms with Gasteiger partial charge in [-0.2, -0.15) is 9.97 Å². The van der Waals surface area contributed by atoms with Crippen molar-refractivity contribution in [3.8, 4) is 41.0 Å². The number of rotatable bonds is 7. The average molecular weight is 654 g/mol. The first-order valence-corrected chi connectivity index (χ1v) is 16.8. The van der Waals surface area contributed by atoms with Gasteiger partial charge in [0.2, 0.25) is 0 Å². The number of ether oxygens (including phenoxy) is 4. The van der Waals surface area contributed by atoms with Crippen LogP contribution in [0.15, 0.2) is 36.4 Å². The fourth-order valence-electron chi connectivity index (χ4n) is 8.89. The number of hydrogen-bond acceptors (Lipinski definition) is 9. The van der Waals surface area contributed by atoms with Gasteiger partial charge in [0.15, 0.2) is 12.6 Å². The van der Waals surface area contributed by atoms with Crippen molar-refractivity contribution in [3.05, 3.63) is 47.8 Å². The van der Waals surface area contributed by atoms with Gasteiger partial charge >= 0.3 is 6.01 Å². The highest BCUT2D eigenvalue weighted by atomic mass is 19.1. The minimum absolute atomic E-state index is 0.000647. The molecule has 3 aromatic carbocycles. The highest BCUT2D eigenvalue weighted by Gasteiger charge is 2.50. The van der Waals surface area contributed by atoms with Crippen molar-refractivity contribution in [2.24, 2.45) is 0 Å². The Hall–Kier alpha value is -4.24. The number of nitrogens with one attached hydrogen (secondary N) is 1. The third kappa shape index (κ3) is 4.68. The van der Waals surface area contributed by atoms with E-state index in [1.165, 1.54) is 0 Å². The predicted octanol–water partition coefficient (Wildman–Crippen LogP) is 5.21. The second-order valence-corrected chi connectivity index (χ2v) is 13.8. The maximum atomic E-state index is 17.3. The van der Waals surface area contributed by atoms with Gasteiger partial charge in [0.25, 0.3) is 0 Å². The van der Waals surface area contributed by atoms with Crippen LogP contribution < -0.4 is 24.4 Å². The van der Waals surface area contributed by atoms with Crippen molar-refractivity contribution in [3.63, 3.8) is 0 Å². The first-order valence-electron chi connectivity index (χ1n) is 16.8. The molecule has 0 spiro atoms. The van der Waals surface area contributed by atoms with Gasteiger partial charge in [-0.15, -0.1) is 6.42 Å². The number of fused-ring (bicyclic) bond motifs is 7. The van der Waals surface area contributed by atoms with Gasteiger partial charge < -0.3 is 29.2 Å². The molecule has 5 aliphatic heterocycles. The van der Waals surface area contributed by atoms with E-state index in [1.54, 1.807) is 19.2 Å². The Kier molecular flexibility index (Phi) is 7.11. The number of aromatic nitrogens is 2. The molecular formula is C37H37F2N5O4. The summed E-state index contributed by atoms with van der Waals surface area (Å²) >= 11 is 0. The van der Waals surface area contributed by atoms with Gasteiger partial charge in [0.05, 0.1) is 17.0 Å². The summed E-state index contributed by atoms with van der Waals surface area (Å²) in [6.45, 7) is 2.65. The van der Waals surface area contributed by atoms with Gasteiger partial charge in [-0.3, -0.25) is 4.90 Å². The van der Waals surface area contributed by atoms with Gasteiger partial charge in [-0.05, 0) is 67.4 Å². The number of piperazine rings is 1. The van der Waals surface area contributed by atoms with Crippen molar-refractivity contribution in [1.29, 1.82) is 0 Å². The molecule has 4 fully saturated rings. The number of hydrogen-bond donors (Lipinski definition) is 1. The first kappa shape index (κ1) is 29.9. The number of benzene rings is 3. The zero-order chi connectivity index (χ0) is 32.6. The molecular weight excluding hydrogens is 616 g/mol. The second-order valence-electron chi connectivity index (χ2n) is 13.8. The molecule has 4 saturated heterocycles. The van der Waals surface area contributed by atoms with Gasteiger partial charge in [0, 0.05) is 55.2 Å². The van der Waals surface area contributed by atoms with E-state index < -0.39 is 17.5 Å². The molecule has 6 heterocycles. The fraction of sp³-hybridized carbons (Fsp3) is 0.459. The molecule has 5 atom stereocenters. The van der Waals surface area contributed by atoms with E-state index in [0.717, 1.165) is 49.5 Å². The number of anilines is 1. The van der Waals surface area contributed by atoms with Crippen molar-refractivity contribution >= 4 is 27.5 Å². The molecule has 0 amide bonds. The van der Waals surface area contributed by atoms with Crippen LogP contribution in [-0.4, -0.2) is 91.5 Å². The minimum atomic E-state index is -0.890. The number of halogens is 2. The van der Waals surface area contributed by atoms with Gasteiger partial charge in [-0.25, -0.2) is 8.78 Å². The predicted molar refractivity (Wildman–Crippen MR) is 178 cm³/mol. The van der Waals surface area contributed by atoms with E-state index in [2.05, 4.69) is 21.0 Å². The zero-order valence-corrected chi connectivity index (χ0v) is 26.8. The quantitative estimate of drug-likeness (QED) is 0.214. The highest BCUT2D eigenvalue weighted by molar-refractivity contribution is 6.05. The fourth-order valence-corrected chi connectivity index (χ4v) is 8.89. The highest BCUT2D eigenvalue weighted by Crippen LogP contribution is 2.47. The Bertz CT molecular complexity index is 1990. The van der Waals surface area contributed by atoms with Crippen molar-refractivity contribution in [2.75, 3.05) is 51.7 Å². The lowest BCUT2D eigenvalue weighted by molar-refractivity contribution is 0.0512. The van der Waals surface area contributed by atoms with E-state index in [9.17, 15) is 4.39 Å². The van der Waals surface area contributed by atoms with E-state index in [-0.39, 0.29) is 42.6 Å². The Morgan fingerprint density at radius 1 is 1.12 bits per heavy atom. The average Bonchev–Trinajstić information content (AvgIpc) is 3.73. The SMILES string of the molecule is C#Cc1cccc2cc(OCOC)cc(-c3cc4c5c(nc(OC[C@@]67CCCN6C[C@H](F)C7)nc5c3F)N3C[C@H]5CC[C@H](N5)[C@H]3CO4)c12. The summed E-state index contributed by atoms with van der Waals surface area (Å²) in [6.07, 6.45) is 9.42. The molecule has 2 bridgehead atoms. The van der Waals surface area contributed by atoms with E-state index >= 15 is 4.39 Å². The third-order valence-electron chi connectivity index (χ3n) is 11.0. The molecule has 48 heavy (non-hydrogen) atoms. The summed E-state index contributed by atoms with van der Waals surface area (Å²) in [5.41, 5.74) is 1.17. The van der Waals surface area contributed by atoms with E-state index in [1.807, 2.05) is 24.3 Å². The lowest BCUT2D eigenvalue weighted by atomic mass is 9.93. The lowest BCUT2D eigenvalue weighted by Gasteiger charge is -2.40. The van der Waals surface area contributed by atoms with Crippen LogP contribution in [0.25, 0.3) is 32.8 Å². The Morgan fingerprint density at radius 3 is 2.92 bits per heavy atom. The number of terminal acetylenes is 1. The number of alkyl halides is 1. The Morgan fingerprint density at radius 2 is 2.04 bits per heavy atom. The maximum Gasteiger partial charge on any atom is 0.319 e. The van der Waals surface area contributed by atoms with Crippen molar-refractivity contribution in [2.45, 2.75) is 61.9 Å². The maximum absolute atomic E-state index is 17.3. The molecule has 1 N–H and O–H groups in total. The molecule has 0 radical (unpaired) electrons. The molecule has 0 unspecified atom stereocenters. The van der Waals surface area contributed by atoms with Crippen molar-refractivity contribution in [1.82, 2.24) is 20.2 Å². The third-order valence-corrected chi connectivity index (χ3v) is 11.0. The summed E-state index contributed by atoms with van der Waals surface area (Å²) < 4.78 is 55.9. The molecule has 248 valence electrons. The van der Waals surface area contributed by atoms with Crippen LogP contribution in [0.1, 0.15) is 37.7 Å². The van der Waals surface area contributed by atoms with Crippen LogP contribution in [-0.2, 0) is 4.74 Å². The van der Waals surface area contributed by atoms with Crippen molar-refractivity contribution < 1.29 is 27.7 Å². The molecule has 9 rings (SSSR count). The normalized spacial score (nSPS) is 27.4. The summed E-state index contributed by atoms with van der Waals surface area (Å²) in [5, 5.41) is 5.77. The molecule has 1 aromatic heterocycles. The first-order chi connectivity index (χ1) is 23.4. The lowest BCUT2D eigenvalue weighted by Crippen LogP contribution is -2.60. The Balaban J connectivity index is 1.23. The van der Waals surface area contributed by atoms with Gasteiger partial charge in [0.1, 0.15) is 42.2 Å². The van der Waals surface area contributed by atoms with Crippen LogP contribution in [0.2, 0.25) is 0 Å². The molecule has 0 aliphatic carbocycles. The van der Waals surface area contributed by atoms with Gasteiger partial charge in [-0.1, -0.05) is 18.1 Å². The molecule has 0 saturated carbocycles. The Labute approximate surface area is 277 Å². The minimum Gasteiger partial charge on any atom is -0.491 e. The van der Waals surface area contributed by atoms with Crippen LogP contribution >= 0.6 is 0 Å². The molecule has 11 heteroatoms. The van der Waals surface area contributed by atoms with E-state index in [4.69, 9.17) is 35.3 Å². The summed E-state index contributed by atoms with van der Waals surface area (Å²) in [4.78, 5) is 14.2. The largest absolute Gasteiger partial charge is 0.491 e. The summed E-state index contributed by atoms with van der Waals surface area (Å²) in [6, 6.07) is 11.6. The smallest absolute Gasteiger partial charge is 0.319 e. The molecule has 9 nitrogen and oxygen atoms in total.